The predicted molar refractivity (Wildman–Crippen MR) is 201 cm³/mol. The van der Waals surface area contributed by atoms with E-state index in [2.05, 4.69) is 0 Å². The zero-order valence-electron chi connectivity index (χ0n) is 35.8. The van der Waals surface area contributed by atoms with Crippen LogP contribution < -0.4 is 0 Å². The quantitative estimate of drug-likeness (QED) is 0.165. The van der Waals surface area contributed by atoms with Crippen LogP contribution in [0.5, 0.6) is 0 Å². The van der Waals surface area contributed by atoms with Gasteiger partial charge in [-0.25, -0.2) is 0 Å². The number of aliphatic hydroxyl groups excluding tert-OH is 1. The molecule has 3 fully saturated rings. The lowest BCUT2D eigenvalue weighted by Crippen LogP contribution is -2.61. The van der Waals surface area contributed by atoms with Crippen LogP contribution in [0.3, 0.4) is 0 Å². The molecule has 0 saturated carbocycles. The van der Waals surface area contributed by atoms with Crippen molar-refractivity contribution >= 4 is 24.2 Å². The number of rotatable bonds is 10. The van der Waals surface area contributed by atoms with Crippen molar-refractivity contribution < 1.29 is 72.4 Å². The maximum Gasteiger partial charge on any atom is 0.311 e. The summed E-state index contributed by atoms with van der Waals surface area (Å²) in [6, 6.07) is -0.334. The molecule has 0 aromatic carbocycles. The number of ether oxygens (including phenoxy) is 8. The number of nitrogens with zero attached hydrogens (tertiary/aromatic N) is 1. The Morgan fingerprint density at radius 1 is 0.946 bits per heavy atom. The van der Waals surface area contributed by atoms with E-state index in [0.717, 1.165) is 0 Å². The third kappa shape index (κ3) is 10.7. The van der Waals surface area contributed by atoms with E-state index >= 15 is 0 Å². The lowest BCUT2D eigenvalue weighted by molar-refractivity contribution is -0.319. The Kier molecular flexibility index (Phi) is 16.5. The minimum Gasteiger partial charge on any atom is -0.459 e. The van der Waals surface area contributed by atoms with Gasteiger partial charge in [-0.3, -0.25) is 19.2 Å². The van der Waals surface area contributed by atoms with Crippen LogP contribution in [0.4, 0.5) is 0 Å². The molecule has 3 saturated heterocycles. The van der Waals surface area contributed by atoms with Crippen LogP contribution in [-0.2, 0) is 57.1 Å². The third-order valence-corrected chi connectivity index (χ3v) is 12.3. The van der Waals surface area contributed by atoms with Crippen LogP contribution >= 0.6 is 0 Å². The number of aliphatic hydroxyl groups is 3. The van der Waals surface area contributed by atoms with E-state index in [1.54, 1.807) is 41.5 Å². The fourth-order valence-corrected chi connectivity index (χ4v) is 9.02. The standard InChI is InChI=1S/C40H69NO15/c1-15-28-40(11,48)33(45)22(4)30(44)20(2)17-38(9,47)34(56-37-32(53-26(8)43)27(41(12)13)16-21(3)51-37)23(5)31(24(6)36(46)54-28)55-29-18-39(10,49-14)35(50-19-42)25(7)52-29/h19-25,27-29,31-35,37,45,47-48H,15-18H2,1-14H3/t20-,21?,22+,23?,24?,25?,27?,28?,29?,31?,32-,33-,34-,35+,37?,38+,39-,40-/m1/s1. The average Bonchev–Trinajstić information content (AvgIpc) is 3.11. The van der Waals surface area contributed by atoms with Crippen LogP contribution in [0.2, 0.25) is 0 Å². The number of carbonyl (C=O) groups excluding carboxylic acids is 4. The van der Waals surface area contributed by atoms with Gasteiger partial charge in [0.15, 0.2) is 24.8 Å². The van der Waals surface area contributed by atoms with Crippen molar-refractivity contribution in [3.05, 3.63) is 0 Å². The molecular weight excluding hydrogens is 734 g/mol. The zero-order valence-corrected chi connectivity index (χ0v) is 35.8. The topological polar surface area (TPSA) is 206 Å². The van der Waals surface area contributed by atoms with Gasteiger partial charge in [-0.2, -0.15) is 0 Å². The van der Waals surface area contributed by atoms with Crippen LogP contribution in [0.25, 0.3) is 0 Å². The molecule has 0 aromatic heterocycles. The third-order valence-electron chi connectivity index (χ3n) is 12.3. The highest BCUT2D eigenvalue weighted by atomic mass is 16.7. The van der Waals surface area contributed by atoms with Crippen LogP contribution in [0.1, 0.15) is 102 Å². The molecule has 56 heavy (non-hydrogen) atoms. The lowest BCUT2D eigenvalue weighted by atomic mass is 9.74. The smallest absolute Gasteiger partial charge is 0.311 e. The number of ketones is 1. The summed E-state index contributed by atoms with van der Waals surface area (Å²) in [5.74, 6) is -5.79. The Labute approximate surface area is 332 Å². The van der Waals surface area contributed by atoms with Gasteiger partial charge in [0.25, 0.3) is 6.47 Å². The number of carbonyl (C=O) groups is 4. The average molecular weight is 804 g/mol. The van der Waals surface area contributed by atoms with E-state index in [4.69, 9.17) is 37.9 Å². The molecule has 0 bridgehead atoms. The maximum atomic E-state index is 14.2. The fourth-order valence-electron chi connectivity index (χ4n) is 9.02. The molecule has 0 amide bonds. The van der Waals surface area contributed by atoms with Crippen molar-refractivity contribution in [2.24, 2.45) is 23.7 Å². The fraction of sp³-hybridized carbons (Fsp3) is 0.900. The molecule has 0 radical (unpaired) electrons. The van der Waals surface area contributed by atoms with E-state index in [9.17, 15) is 34.5 Å². The second kappa shape index (κ2) is 19.2. The molecule has 3 N–H and O–H groups in total. The van der Waals surface area contributed by atoms with Gasteiger partial charge in [0.1, 0.15) is 23.1 Å². The summed E-state index contributed by atoms with van der Waals surface area (Å²) in [5, 5.41) is 35.6. The molecule has 18 atom stereocenters. The zero-order chi connectivity index (χ0) is 42.7. The Morgan fingerprint density at radius 3 is 2.11 bits per heavy atom. The molecule has 0 aromatic rings. The SMILES string of the molecule is CCC1OC(=O)C(C)C(OC2C[C@@](C)(OC)[C@@H](OC=O)C(C)O2)C(C)[C@@H](OC2OC(C)CC(N(C)C)[C@H]2OC(C)=O)[C@@](C)(O)C[C@@H](C)C(=O)[C@H](C)[C@@H](O)[C@]1(C)O. The van der Waals surface area contributed by atoms with Crippen LogP contribution in [0, 0.1) is 23.7 Å². The highest BCUT2D eigenvalue weighted by Gasteiger charge is 2.54. The normalized spacial score (nSPS) is 46.1. The number of hydrogen-bond acceptors (Lipinski definition) is 16. The second-order valence-corrected chi connectivity index (χ2v) is 17.3. The van der Waals surface area contributed by atoms with Gasteiger partial charge in [-0.1, -0.05) is 27.7 Å². The number of methoxy groups -OCH3 is 1. The van der Waals surface area contributed by atoms with Crippen molar-refractivity contribution in [3.63, 3.8) is 0 Å². The lowest BCUT2D eigenvalue weighted by Gasteiger charge is -2.49. The van der Waals surface area contributed by atoms with Crippen molar-refractivity contribution in [3.8, 4) is 0 Å². The highest BCUT2D eigenvalue weighted by Crippen LogP contribution is 2.41. The van der Waals surface area contributed by atoms with E-state index in [-0.39, 0.29) is 31.4 Å². The highest BCUT2D eigenvalue weighted by molar-refractivity contribution is 5.83. The molecular formula is C40H69NO15. The summed E-state index contributed by atoms with van der Waals surface area (Å²) in [6.45, 7) is 17.9. The van der Waals surface area contributed by atoms with Crippen molar-refractivity contribution in [2.75, 3.05) is 21.2 Å². The predicted octanol–water partition coefficient (Wildman–Crippen LogP) is 2.54. The Balaban J connectivity index is 2.24. The van der Waals surface area contributed by atoms with Crippen LogP contribution in [0.15, 0.2) is 0 Å². The Morgan fingerprint density at radius 2 is 1.57 bits per heavy atom. The second-order valence-electron chi connectivity index (χ2n) is 17.3. The summed E-state index contributed by atoms with van der Waals surface area (Å²) < 4.78 is 49.0. The van der Waals surface area contributed by atoms with E-state index in [1.165, 1.54) is 34.8 Å². The monoisotopic (exact) mass is 803 g/mol. The van der Waals surface area contributed by atoms with Gasteiger partial charge in [-0.05, 0) is 74.9 Å². The molecule has 3 aliphatic rings. The number of esters is 2. The van der Waals surface area contributed by atoms with Gasteiger partial charge in [0.05, 0.1) is 48.1 Å². The number of cyclic esters (lactones) is 1. The minimum atomic E-state index is -2.03. The van der Waals surface area contributed by atoms with Gasteiger partial charge < -0.3 is 58.1 Å². The van der Waals surface area contributed by atoms with Gasteiger partial charge in [0.2, 0.25) is 0 Å². The Hall–Kier alpha value is -2.28. The summed E-state index contributed by atoms with van der Waals surface area (Å²) >= 11 is 0. The summed E-state index contributed by atoms with van der Waals surface area (Å²) in [7, 11) is 5.17. The minimum absolute atomic E-state index is 0.0590. The maximum absolute atomic E-state index is 14.2. The summed E-state index contributed by atoms with van der Waals surface area (Å²) in [5.41, 5.74) is -4.96. The first-order chi connectivity index (χ1) is 25.9. The number of Topliss-reactive ketones (excluding diaryl/α,β-unsaturated/α-hetero) is 1. The first-order valence-corrected chi connectivity index (χ1v) is 19.8. The molecule has 9 unspecified atom stereocenters. The van der Waals surface area contributed by atoms with Gasteiger partial charge >= 0.3 is 11.9 Å². The van der Waals surface area contributed by atoms with E-state index in [0.29, 0.717) is 12.9 Å². The van der Waals surface area contributed by atoms with Gasteiger partial charge in [0, 0.05) is 38.2 Å². The molecule has 324 valence electrons. The molecule has 0 spiro atoms. The first kappa shape index (κ1) is 48.1. The summed E-state index contributed by atoms with van der Waals surface area (Å²) in [6.07, 6.45) is -9.81. The molecule has 0 aliphatic carbocycles. The van der Waals surface area contributed by atoms with Crippen molar-refractivity contribution in [1.29, 1.82) is 0 Å². The molecule has 3 rings (SSSR count). The van der Waals surface area contributed by atoms with Crippen LogP contribution in [-0.4, -0.2) is 150 Å². The van der Waals surface area contributed by atoms with E-state index < -0.39 is 114 Å². The van der Waals surface area contributed by atoms with Gasteiger partial charge in [-0.15, -0.1) is 0 Å². The molecule has 3 heterocycles. The van der Waals surface area contributed by atoms with Crippen molar-refractivity contribution in [1.82, 2.24) is 4.90 Å². The first-order valence-electron chi connectivity index (χ1n) is 19.8. The number of likely N-dealkylation sites (N-methyl/N-ethyl adjacent to an activating group) is 1. The van der Waals surface area contributed by atoms with Crippen molar-refractivity contribution in [2.45, 2.75) is 186 Å². The molecule has 16 nitrogen and oxygen atoms in total. The number of hydrogen-bond donors (Lipinski definition) is 3. The van der Waals surface area contributed by atoms with E-state index in [1.807, 2.05) is 25.9 Å². The molecule has 3 aliphatic heterocycles. The summed E-state index contributed by atoms with van der Waals surface area (Å²) in [4.78, 5) is 54.0. The Bertz CT molecular complexity index is 1340. The largest absolute Gasteiger partial charge is 0.459 e. The molecule has 16 heteroatoms.